The Kier molecular flexibility index (Phi) is 3.78. The number of nitrogens with one attached hydrogen (secondary N) is 1. The van der Waals surface area contributed by atoms with Crippen LogP contribution in [0.25, 0.3) is 0 Å². The fourth-order valence-corrected chi connectivity index (χ4v) is 2.28. The maximum absolute atomic E-state index is 11.8. The van der Waals surface area contributed by atoms with Crippen LogP contribution >= 0.6 is 11.6 Å². The van der Waals surface area contributed by atoms with Crippen LogP contribution in [-0.4, -0.2) is 17.4 Å². The minimum atomic E-state index is -0.120. The van der Waals surface area contributed by atoms with E-state index in [9.17, 15) is 4.79 Å². The van der Waals surface area contributed by atoms with E-state index >= 15 is 0 Å². The fourth-order valence-electron chi connectivity index (χ4n) is 2.09. The summed E-state index contributed by atoms with van der Waals surface area (Å²) in [6.07, 6.45) is 8.10. The molecule has 1 N–H and O–H groups in total. The second kappa shape index (κ2) is 5.30. The zero-order chi connectivity index (χ0) is 11.4. The lowest BCUT2D eigenvalue weighted by atomic mass is 10.1. The smallest absolute Gasteiger partial charge is 0.254 e. The molecule has 0 aromatic carbocycles. The zero-order valence-corrected chi connectivity index (χ0v) is 9.83. The summed E-state index contributed by atoms with van der Waals surface area (Å²) >= 11 is 5.91. The molecule has 86 valence electrons. The second-order valence-corrected chi connectivity index (χ2v) is 4.62. The molecular weight excluding hydrogens is 224 g/mol. The van der Waals surface area contributed by atoms with E-state index in [2.05, 4.69) is 10.3 Å². The minimum Gasteiger partial charge on any atom is -0.352 e. The first-order valence-corrected chi connectivity index (χ1v) is 6.03. The molecule has 1 heterocycles. The Labute approximate surface area is 100 Å². The van der Waals surface area contributed by atoms with Crippen LogP contribution in [0.3, 0.4) is 0 Å². The summed E-state index contributed by atoms with van der Waals surface area (Å²) in [6, 6.07) is 1.63. The molecule has 0 atom stereocenters. The van der Waals surface area contributed by atoms with Gasteiger partial charge in [0.2, 0.25) is 0 Å². The molecule has 1 fully saturated rings. The first-order chi connectivity index (χ1) is 7.77. The third-order valence-corrected chi connectivity index (χ3v) is 3.37. The first-order valence-electron chi connectivity index (χ1n) is 5.65. The Balaban J connectivity index is 1.90. The highest BCUT2D eigenvalue weighted by Gasteiger charge is 2.17. The van der Waals surface area contributed by atoms with Crippen LogP contribution in [0.2, 0.25) is 5.02 Å². The molecule has 1 saturated carbocycles. The molecule has 0 aliphatic heterocycles. The van der Waals surface area contributed by atoms with Crippen LogP contribution < -0.4 is 5.32 Å². The van der Waals surface area contributed by atoms with E-state index in [1.807, 2.05) is 0 Å². The summed E-state index contributed by atoms with van der Waals surface area (Å²) in [5, 5.41) is 3.38. The molecule has 16 heavy (non-hydrogen) atoms. The summed E-state index contributed by atoms with van der Waals surface area (Å²) in [4.78, 5) is 15.7. The lowest BCUT2D eigenvalue weighted by Gasteiger charge is -2.10. The van der Waals surface area contributed by atoms with Crippen LogP contribution in [0.15, 0.2) is 18.5 Å². The molecule has 0 saturated heterocycles. The van der Waals surface area contributed by atoms with E-state index in [0.29, 0.717) is 16.5 Å². The number of carbonyl (C=O) groups excluding carboxylic acids is 1. The molecule has 0 radical (unpaired) electrons. The van der Waals surface area contributed by atoms with Gasteiger partial charge in [-0.3, -0.25) is 9.78 Å². The van der Waals surface area contributed by atoms with Crippen LogP contribution in [0.4, 0.5) is 0 Å². The highest BCUT2D eigenvalue weighted by molar-refractivity contribution is 6.33. The van der Waals surface area contributed by atoms with E-state index < -0.39 is 0 Å². The third kappa shape index (κ3) is 2.73. The molecule has 1 amide bonds. The average molecular weight is 239 g/mol. The zero-order valence-electron chi connectivity index (χ0n) is 9.08. The molecule has 2 rings (SSSR count). The topological polar surface area (TPSA) is 42.0 Å². The Morgan fingerprint density at radius 2 is 2.25 bits per heavy atom. The summed E-state index contributed by atoms with van der Waals surface area (Å²) in [6.45, 7) is 0.754. The van der Waals surface area contributed by atoms with Crippen LogP contribution in [0.5, 0.6) is 0 Å². The normalized spacial score (nSPS) is 16.3. The summed E-state index contributed by atoms with van der Waals surface area (Å²) < 4.78 is 0. The number of halogens is 1. The molecule has 1 aliphatic carbocycles. The maximum atomic E-state index is 11.8. The highest BCUT2D eigenvalue weighted by atomic mass is 35.5. The molecule has 4 heteroatoms. The van der Waals surface area contributed by atoms with Crippen molar-refractivity contribution >= 4 is 17.5 Å². The van der Waals surface area contributed by atoms with Crippen molar-refractivity contribution in [2.75, 3.05) is 6.54 Å². The van der Waals surface area contributed by atoms with Gasteiger partial charge in [0.15, 0.2) is 0 Å². The van der Waals surface area contributed by atoms with Crippen molar-refractivity contribution in [3.05, 3.63) is 29.0 Å². The first kappa shape index (κ1) is 11.4. The fraction of sp³-hybridized carbons (Fsp3) is 0.500. The molecular formula is C12H15ClN2O. The predicted octanol–water partition coefficient (Wildman–Crippen LogP) is 2.66. The van der Waals surface area contributed by atoms with Crippen LogP contribution in [0, 0.1) is 5.92 Å². The van der Waals surface area contributed by atoms with Gasteiger partial charge in [-0.2, -0.15) is 0 Å². The minimum absolute atomic E-state index is 0.120. The SMILES string of the molecule is O=C(NCC1CCCC1)c1cnccc1Cl. The van der Waals surface area contributed by atoms with Gasteiger partial charge in [-0.15, -0.1) is 0 Å². The largest absolute Gasteiger partial charge is 0.352 e. The number of aromatic nitrogens is 1. The van der Waals surface area contributed by atoms with Crippen LogP contribution in [0.1, 0.15) is 36.0 Å². The highest BCUT2D eigenvalue weighted by Crippen LogP contribution is 2.24. The van der Waals surface area contributed by atoms with E-state index in [0.717, 1.165) is 6.54 Å². The number of pyridine rings is 1. The standard InChI is InChI=1S/C12H15ClN2O/c13-11-5-6-14-8-10(11)12(16)15-7-9-3-1-2-4-9/h5-6,8-9H,1-4,7H2,(H,15,16). The molecule has 0 unspecified atom stereocenters. The molecule has 0 bridgehead atoms. The number of hydrogen-bond donors (Lipinski definition) is 1. The van der Waals surface area contributed by atoms with Gasteiger partial charge in [0.05, 0.1) is 10.6 Å². The maximum Gasteiger partial charge on any atom is 0.254 e. The summed E-state index contributed by atoms with van der Waals surface area (Å²) in [5.41, 5.74) is 0.460. The summed E-state index contributed by atoms with van der Waals surface area (Å²) in [5.74, 6) is 0.518. The molecule has 0 spiro atoms. The third-order valence-electron chi connectivity index (χ3n) is 3.04. The van der Waals surface area contributed by atoms with Gasteiger partial charge in [-0.05, 0) is 24.8 Å². The number of carbonyl (C=O) groups is 1. The predicted molar refractivity (Wildman–Crippen MR) is 63.5 cm³/mol. The van der Waals surface area contributed by atoms with Crippen molar-refractivity contribution in [1.29, 1.82) is 0 Å². The van der Waals surface area contributed by atoms with Crippen molar-refractivity contribution in [3.63, 3.8) is 0 Å². The Morgan fingerprint density at radius 3 is 2.94 bits per heavy atom. The van der Waals surface area contributed by atoms with Crippen LogP contribution in [-0.2, 0) is 0 Å². The molecule has 1 aliphatic rings. The molecule has 1 aromatic heterocycles. The lowest BCUT2D eigenvalue weighted by Crippen LogP contribution is -2.28. The quantitative estimate of drug-likeness (QED) is 0.880. The van der Waals surface area contributed by atoms with Gasteiger partial charge in [0, 0.05) is 18.9 Å². The Bertz CT molecular complexity index is 375. The van der Waals surface area contributed by atoms with E-state index in [1.165, 1.54) is 31.9 Å². The number of rotatable bonds is 3. The van der Waals surface area contributed by atoms with E-state index in [4.69, 9.17) is 11.6 Å². The average Bonchev–Trinajstić information content (AvgIpc) is 2.79. The molecule has 1 aromatic rings. The second-order valence-electron chi connectivity index (χ2n) is 4.22. The summed E-state index contributed by atoms with van der Waals surface area (Å²) in [7, 11) is 0. The number of hydrogen-bond acceptors (Lipinski definition) is 2. The van der Waals surface area contributed by atoms with Gasteiger partial charge in [-0.1, -0.05) is 24.4 Å². The van der Waals surface area contributed by atoms with Gasteiger partial charge in [0.25, 0.3) is 5.91 Å². The molecule has 3 nitrogen and oxygen atoms in total. The van der Waals surface area contributed by atoms with Gasteiger partial charge in [-0.25, -0.2) is 0 Å². The Morgan fingerprint density at radius 1 is 1.50 bits per heavy atom. The monoisotopic (exact) mass is 238 g/mol. The number of nitrogens with zero attached hydrogens (tertiary/aromatic N) is 1. The van der Waals surface area contributed by atoms with Gasteiger partial charge < -0.3 is 5.32 Å². The number of amides is 1. The van der Waals surface area contributed by atoms with Crippen molar-refractivity contribution in [2.24, 2.45) is 5.92 Å². The van der Waals surface area contributed by atoms with Gasteiger partial charge in [0.1, 0.15) is 0 Å². The van der Waals surface area contributed by atoms with Crippen molar-refractivity contribution in [1.82, 2.24) is 10.3 Å². The van der Waals surface area contributed by atoms with E-state index in [-0.39, 0.29) is 5.91 Å². The van der Waals surface area contributed by atoms with Crippen molar-refractivity contribution in [2.45, 2.75) is 25.7 Å². The van der Waals surface area contributed by atoms with Crippen molar-refractivity contribution in [3.8, 4) is 0 Å². The lowest BCUT2D eigenvalue weighted by molar-refractivity contribution is 0.0947. The van der Waals surface area contributed by atoms with Crippen molar-refractivity contribution < 1.29 is 4.79 Å². The van der Waals surface area contributed by atoms with Gasteiger partial charge >= 0.3 is 0 Å². The van der Waals surface area contributed by atoms with E-state index in [1.54, 1.807) is 12.3 Å². The Hall–Kier alpha value is -1.09.